The van der Waals surface area contributed by atoms with Gasteiger partial charge in [0.2, 0.25) is 0 Å². The number of pyridine rings is 1. The van der Waals surface area contributed by atoms with Crippen LogP contribution < -0.4 is 4.90 Å². The lowest BCUT2D eigenvalue weighted by Gasteiger charge is -2.27. The van der Waals surface area contributed by atoms with Crippen molar-refractivity contribution in [3.63, 3.8) is 0 Å². The minimum absolute atomic E-state index is 0.0864. The highest BCUT2D eigenvalue weighted by molar-refractivity contribution is 5.86. The van der Waals surface area contributed by atoms with Gasteiger partial charge in [-0.2, -0.15) is 0 Å². The molecule has 0 saturated carbocycles. The molecule has 2 rings (SSSR count). The standard InChI is InChI=1S/C13H18N4O2/c1-9(2)17(7-5-11(18)19)13-12-10(4-6-14-13)16(3)8-15-12/h4,6,8-9H,5,7H2,1-3H3,(H,18,19). The molecule has 102 valence electrons. The zero-order valence-electron chi connectivity index (χ0n) is 11.4. The number of aromatic nitrogens is 3. The topological polar surface area (TPSA) is 71.2 Å². The molecule has 2 heterocycles. The predicted molar refractivity (Wildman–Crippen MR) is 73.2 cm³/mol. The van der Waals surface area contributed by atoms with Crippen LogP contribution in [0.2, 0.25) is 0 Å². The molecule has 0 aliphatic carbocycles. The molecule has 0 aliphatic rings. The first kappa shape index (κ1) is 13.3. The third-order valence-corrected chi connectivity index (χ3v) is 3.09. The Morgan fingerprint density at radius 3 is 2.84 bits per heavy atom. The zero-order valence-corrected chi connectivity index (χ0v) is 11.4. The van der Waals surface area contributed by atoms with Gasteiger partial charge in [-0.25, -0.2) is 9.97 Å². The Hall–Kier alpha value is -2.11. The fourth-order valence-corrected chi connectivity index (χ4v) is 2.08. The van der Waals surface area contributed by atoms with E-state index >= 15 is 0 Å². The summed E-state index contributed by atoms with van der Waals surface area (Å²) in [5.74, 6) is -0.0619. The Morgan fingerprint density at radius 2 is 2.21 bits per heavy atom. The lowest BCUT2D eigenvalue weighted by Crippen LogP contribution is -2.33. The number of hydrogen-bond donors (Lipinski definition) is 1. The average molecular weight is 262 g/mol. The predicted octanol–water partition coefficient (Wildman–Crippen LogP) is 1.66. The van der Waals surface area contributed by atoms with Gasteiger partial charge in [-0.3, -0.25) is 4.79 Å². The molecule has 0 saturated heterocycles. The highest BCUT2D eigenvalue weighted by Gasteiger charge is 2.17. The van der Waals surface area contributed by atoms with Crippen molar-refractivity contribution < 1.29 is 9.90 Å². The molecule has 0 spiro atoms. The summed E-state index contributed by atoms with van der Waals surface area (Å²) in [5, 5.41) is 8.84. The summed E-state index contributed by atoms with van der Waals surface area (Å²) < 4.78 is 1.93. The summed E-state index contributed by atoms with van der Waals surface area (Å²) >= 11 is 0. The Kier molecular flexibility index (Phi) is 3.69. The summed E-state index contributed by atoms with van der Waals surface area (Å²) in [4.78, 5) is 21.5. The van der Waals surface area contributed by atoms with Gasteiger partial charge in [0.25, 0.3) is 0 Å². The van der Waals surface area contributed by atoms with E-state index in [9.17, 15) is 4.79 Å². The van der Waals surface area contributed by atoms with Crippen LogP contribution in [0.1, 0.15) is 20.3 Å². The van der Waals surface area contributed by atoms with E-state index < -0.39 is 5.97 Å². The molecule has 0 amide bonds. The summed E-state index contributed by atoms with van der Waals surface area (Å²) in [5.41, 5.74) is 1.80. The first-order valence-corrected chi connectivity index (χ1v) is 6.25. The van der Waals surface area contributed by atoms with E-state index in [4.69, 9.17) is 5.11 Å². The van der Waals surface area contributed by atoms with Gasteiger partial charge in [0.15, 0.2) is 5.82 Å². The van der Waals surface area contributed by atoms with Crippen LogP contribution in [0, 0.1) is 0 Å². The van der Waals surface area contributed by atoms with Crippen LogP contribution in [-0.4, -0.2) is 38.2 Å². The quantitative estimate of drug-likeness (QED) is 0.887. The van der Waals surface area contributed by atoms with Crippen LogP contribution in [-0.2, 0) is 11.8 Å². The molecule has 0 atom stereocenters. The minimum atomic E-state index is -0.807. The lowest BCUT2D eigenvalue weighted by molar-refractivity contribution is -0.136. The zero-order chi connectivity index (χ0) is 14.0. The Morgan fingerprint density at radius 1 is 1.47 bits per heavy atom. The molecule has 0 unspecified atom stereocenters. The molecular weight excluding hydrogens is 244 g/mol. The molecule has 19 heavy (non-hydrogen) atoms. The maximum atomic E-state index is 10.8. The third kappa shape index (κ3) is 2.67. The second kappa shape index (κ2) is 5.26. The van der Waals surface area contributed by atoms with Crippen molar-refractivity contribution in [3.05, 3.63) is 18.6 Å². The smallest absolute Gasteiger partial charge is 0.305 e. The number of imidazole rings is 1. The van der Waals surface area contributed by atoms with Gasteiger partial charge in [-0.15, -0.1) is 0 Å². The molecular formula is C13H18N4O2. The van der Waals surface area contributed by atoms with E-state index in [0.717, 1.165) is 16.9 Å². The largest absolute Gasteiger partial charge is 0.481 e. The van der Waals surface area contributed by atoms with Crippen LogP contribution >= 0.6 is 0 Å². The summed E-state index contributed by atoms with van der Waals surface area (Å²) in [6, 6.07) is 2.07. The van der Waals surface area contributed by atoms with Gasteiger partial charge in [-0.05, 0) is 19.9 Å². The summed E-state index contributed by atoms with van der Waals surface area (Å²) in [6.07, 6.45) is 3.56. The lowest BCUT2D eigenvalue weighted by atomic mass is 10.2. The molecule has 0 radical (unpaired) electrons. The Labute approximate surface area is 111 Å². The number of aryl methyl sites for hydroxylation is 1. The van der Waals surface area contributed by atoms with Gasteiger partial charge in [0.05, 0.1) is 18.3 Å². The molecule has 0 fully saturated rings. The van der Waals surface area contributed by atoms with Crippen LogP contribution in [0.5, 0.6) is 0 Å². The van der Waals surface area contributed by atoms with Crippen molar-refractivity contribution in [2.75, 3.05) is 11.4 Å². The van der Waals surface area contributed by atoms with E-state index in [1.54, 1.807) is 12.5 Å². The molecule has 2 aromatic heterocycles. The molecule has 0 bridgehead atoms. The monoisotopic (exact) mass is 262 g/mol. The van der Waals surface area contributed by atoms with E-state index in [2.05, 4.69) is 9.97 Å². The average Bonchev–Trinajstić information content (AvgIpc) is 2.72. The second-order valence-corrected chi connectivity index (χ2v) is 4.79. The first-order valence-electron chi connectivity index (χ1n) is 6.25. The van der Waals surface area contributed by atoms with Crippen LogP contribution in [0.4, 0.5) is 5.82 Å². The number of fused-ring (bicyclic) bond motifs is 1. The highest BCUT2D eigenvalue weighted by Crippen LogP contribution is 2.24. The van der Waals surface area contributed by atoms with E-state index in [-0.39, 0.29) is 12.5 Å². The fraction of sp³-hybridized carbons (Fsp3) is 0.462. The number of carboxylic acids is 1. The molecule has 6 heteroatoms. The van der Waals surface area contributed by atoms with Crippen LogP contribution in [0.25, 0.3) is 11.0 Å². The number of nitrogens with zero attached hydrogens (tertiary/aromatic N) is 4. The molecule has 1 N–H and O–H groups in total. The van der Waals surface area contributed by atoms with Crippen molar-refractivity contribution in [1.82, 2.24) is 14.5 Å². The van der Waals surface area contributed by atoms with Gasteiger partial charge in [0.1, 0.15) is 5.52 Å². The van der Waals surface area contributed by atoms with Crippen molar-refractivity contribution in [3.8, 4) is 0 Å². The number of carbonyl (C=O) groups is 1. The maximum Gasteiger partial charge on any atom is 0.305 e. The number of hydrogen-bond acceptors (Lipinski definition) is 4. The Balaban J connectivity index is 2.41. The SMILES string of the molecule is CC(C)N(CCC(=O)O)c1nccc2c1ncn2C. The number of carboxylic acid groups (broad SMARTS) is 1. The highest BCUT2D eigenvalue weighted by atomic mass is 16.4. The van der Waals surface area contributed by atoms with Gasteiger partial charge in [0, 0.05) is 25.8 Å². The number of anilines is 1. The molecule has 6 nitrogen and oxygen atoms in total. The summed E-state index contributed by atoms with van der Waals surface area (Å²) in [6.45, 7) is 4.46. The normalized spacial score (nSPS) is 11.2. The van der Waals surface area contributed by atoms with Crippen molar-refractivity contribution in [1.29, 1.82) is 0 Å². The third-order valence-electron chi connectivity index (χ3n) is 3.09. The maximum absolute atomic E-state index is 10.8. The van der Waals surface area contributed by atoms with E-state index in [1.165, 1.54) is 0 Å². The molecule has 2 aromatic rings. The number of rotatable bonds is 5. The fourth-order valence-electron chi connectivity index (χ4n) is 2.08. The van der Waals surface area contributed by atoms with Gasteiger partial charge >= 0.3 is 5.97 Å². The van der Waals surface area contributed by atoms with Crippen LogP contribution in [0.3, 0.4) is 0 Å². The molecule has 0 aliphatic heterocycles. The van der Waals surface area contributed by atoms with E-state index in [0.29, 0.717) is 6.54 Å². The number of aliphatic carboxylic acids is 1. The van der Waals surface area contributed by atoms with Crippen molar-refractivity contribution in [2.45, 2.75) is 26.3 Å². The first-order chi connectivity index (χ1) is 9.00. The summed E-state index contributed by atoms with van der Waals surface area (Å²) in [7, 11) is 1.93. The second-order valence-electron chi connectivity index (χ2n) is 4.79. The van der Waals surface area contributed by atoms with Crippen LogP contribution in [0.15, 0.2) is 18.6 Å². The van der Waals surface area contributed by atoms with Gasteiger partial charge in [-0.1, -0.05) is 0 Å². The van der Waals surface area contributed by atoms with Crippen molar-refractivity contribution in [2.24, 2.45) is 7.05 Å². The Bertz CT molecular complexity index is 591. The molecule has 0 aromatic carbocycles. The minimum Gasteiger partial charge on any atom is -0.481 e. The van der Waals surface area contributed by atoms with Gasteiger partial charge < -0.3 is 14.6 Å². The van der Waals surface area contributed by atoms with Crippen molar-refractivity contribution >= 4 is 22.8 Å². The van der Waals surface area contributed by atoms with E-state index in [1.807, 2.05) is 36.4 Å².